The molecule has 6 aliphatic rings. The molecule has 2 N–H and O–H groups in total. The highest BCUT2D eigenvalue weighted by Gasteiger charge is 2.70. The third-order valence-corrected chi connectivity index (χ3v) is 9.36. The van der Waals surface area contributed by atoms with E-state index in [1.165, 1.54) is 51.4 Å². The van der Waals surface area contributed by atoms with Crippen molar-refractivity contribution in [1.82, 2.24) is 0 Å². The zero-order valence-electron chi connectivity index (χ0n) is 15.7. The van der Waals surface area contributed by atoms with Crippen LogP contribution < -0.4 is 0 Å². The molecule has 5 saturated carbocycles. The SMILES string of the molecule is C=C1[C@@H]2CC[C@]3(CC[C@@H]4[C@@]5(C)CCC[C@@]4(C=[N+](CCO)C5)[C@H]3C2)[C@H]1O. The van der Waals surface area contributed by atoms with Gasteiger partial charge in [0, 0.05) is 10.8 Å². The fraction of sp³-hybridized carbons (Fsp3) is 0.864. The molecule has 0 aromatic carbocycles. The Kier molecular flexibility index (Phi) is 3.43. The van der Waals surface area contributed by atoms with Crippen LogP contribution in [0, 0.1) is 34.0 Å². The molecule has 3 heteroatoms. The third-order valence-electron chi connectivity index (χ3n) is 9.36. The number of fused-ring (bicyclic) bond motifs is 2. The summed E-state index contributed by atoms with van der Waals surface area (Å²) >= 11 is 0. The molecular formula is C22H34NO2+. The van der Waals surface area contributed by atoms with E-state index < -0.39 is 0 Å². The zero-order chi connectivity index (χ0) is 17.4. The minimum absolute atomic E-state index is 0.0826. The van der Waals surface area contributed by atoms with E-state index in [4.69, 9.17) is 0 Å². The second kappa shape index (κ2) is 5.19. The van der Waals surface area contributed by atoms with E-state index in [-0.39, 0.29) is 23.5 Å². The normalized spacial score (nSPS) is 53.9. The van der Waals surface area contributed by atoms with Gasteiger partial charge in [0.1, 0.15) is 19.4 Å². The van der Waals surface area contributed by atoms with Crippen LogP contribution in [0.4, 0.5) is 0 Å². The van der Waals surface area contributed by atoms with E-state index in [2.05, 4.69) is 24.3 Å². The number of aliphatic hydroxyl groups excluding tert-OH is 2. The van der Waals surface area contributed by atoms with Crippen molar-refractivity contribution in [1.29, 1.82) is 0 Å². The van der Waals surface area contributed by atoms with Crippen molar-refractivity contribution in [2.45, 2.75) is 64.4 Å². The number of aliphatic hydroxyl groups is 2. The maximum Gasteiger partial charge on any atom is 0.165 e. The van der Waals surface area contributed by atoms with Gasteiger partial charge in [-0.3, -0.25) is 0 Å². The van der Waals surface area contributed by atoms with Crippen LogP contribution in [0.2, 0.25) is 0 Å². The van der Waals surface area contributed by atoms with E-state index in [9.17, 15) is 10.2 Å². The molecule has 1 aliphatic heterocycles. The Morgan fingerprint density at radius 2 is 2.00 bits per heavy atom. The summed E-state index contributed by atoms with van der Waals surface area (Å²) in [5, 5.41) is 20.8. The lowest BCUT2D eigenvalue weighted by molar-refractivity contribution is -0.560. The highest BCUT2D eigenvalue weighted by molar-refractivity contribution is 5.65. The number of nitrogens with zero attached hydrogens (tertiary/aromatic N) is 1. The average Bonchev–Trinajstić information content (AvgIpc) is 2.58. The minimum atomic E-state index is -0.282. The van der Waals surface area contributed by atoms with Crippen molar-refractivity contribution < 1.29 is 14.8 Å². The smallest absolute Gasteiger partial charge is 0.165 e. The topological polar surface area (TPSA) is 43.5 Å². The maximum atomic E-state index is 11.2. The highest BCUT2D eigenvalue weighted by Crippen LogP contribution is 2.72. The summed E-state index contributed by atoms with van der Waals surface area (Å²) < 4.78 is 2.44. The van der Waals surface area contributed by atoms with Gasteiger partial charge in [-0.15, -0.1) is 0 Å². The van der Waals surface area contributed by atoms with Crippen LogP contribution in [-0.4, -0.2) is 46.8 Å². The molecule has 138 valence electrons. The van der Waals surface area contributed by atoms with Crippen LogP contribution in [0.15, 0.2) is 12.2 Å². The second-order valence-corrected chi connectivity index (χ2v) is 10.3. The molecule has 0 aromatic rings. The van der Waals surface area contributed by atoms with Crippen molar-refractivity contribution in [3.63, 3.8) is 0 Å². The molecule has 1 heterocycles. The van der Waals surface area contributed by atoms with Gasteiger partial charge in [0.05, 0.1) is 11.5 Å². The predicted molar refractivity (Wildman–Crippen MR) is 98.7 cm³/mol. The molecule has 5 aliphatic carbocycles. The quantitative estimate of drug-likeness (QED) is 0.597. The van der Waals surface area contributed by atoms with Crippen molar-refractivity contribution in [2.24, 2.45) is 34.0 Å². The monoisotopic (exact) mass is 344 g/mol. The molecule has 0 unspecified atom stereocenters. The van der Waals surface area contributed by atoms with Gasteiger partial charge in [0.15, 0.2) is 6.54 Å². The predicted octanol–water partition coefficient (Wildman–Crippen LogP) is 3.00. The summed E-state index contributed by atoms with van der Waals surface area (Å²) in [6, 6.07) is 0. The fourth-order valence-electron chi connectivity index (χ4n) is 8.50. The number of hydrogen-bond donors (Lipinski definition) is 2. The maximum absolute atomic E-state index is 11.2. The van der Waals surface area contributed by atoms with Gasteiger partial charge in [-0.2, -0.15) is 0 Å². The lowest BCUT2D eigenvalue weighted by atomic mass is 9.35. The third kappa shape index (κ3) is 1.92. The molecule has 25 heavy (non-hydrogen) atoms. The highest BCUT2D eigenvalue weighted by atomic mass is 16.3. The van der Waals surface area contributed by atoms with Crippen LogP contribution in [0.3, 0.4) is 0 Å². The molecule has 0 amide bonds. The van der Waals surface area contributed by atoms with E-state index in [1.807, 2.05) is 0 Å². The molecule has 5 fully saturated rings. The molecule has 0 radical (unpaired) electrons. The van der Waals surface area contributed by atoms with Gasteiger partial charge in [-0.05, 0) is 68.3 Å². The molecule has 6 rings (SSSR count). The number of hydrogen-bond acceptors (Lipinski definition) is 2. The summed E-state index contributed by atoms with van der Waals surface area (Å²) in [7, 11) is 0. The first-order valence-corrected chi connectivity index (χ1v) is 10.5. The Bertz CT molecular complexity index is 642. The molecule has 7 atom stereocenters. The average molecular weight is 345 g/mol. The van der Waals surface area contributed by atoms with Gasteiger partial charge < -0.3 is 10.2 Å². The first-order chi connectivity index (χ1) is 12.0. The Morgan fingerprint density at radius 3 is 2.80 bits per heavy atom. The molecule has 0 saturated heterocycles. The van der Waals surface area contributed by atoms with Crippen LogP contribution in [-0.2, 0) is 0 Å². The molecule has 4 bridgehead atoms. The molecular weight excluding hydrogens is 310 g/mol. The largest absolute Gasteiger partial charge is 0.390 e. The standard InChI is InChI=1S/C22H34NO2/c1-15-16-4-8-21(19(15)25)9-5-17-20(2)6-3-7-22(17,18(21)12-16)14-23(13-20)10-11-24/h14,16-19,24-25H,1,3-13H2,2H3/q+1/t16-,17-,18+,19+,20+,21-,22+/m1/s1. The van der Waals surface area contributed by atoms with Crippen LogP contribution >= 0.6 is 0 Å². The number of rotatable bonds is 2. The fourth-order valence-corrected chi connectivity index (χ4v) is 8.50. The molecule has 3 nitrogen and oxygen atoms in total. The van der Waals surface area contributed by atoms with E-state index in [0.29, 0.717) is 17.3 Å². The summed E-state index contributed by atoms with van der Waals surface area (Å²) in [6.45, 7) is 8.93. The van der Waals surface area contributed by atoms with Gasteiger partial charge in [0.2, 0.25) is 0 Å². The van der Waals surface area contributed by atoms with Crippen molar-refractivity contribution in [2.75, 3.05) is 19.7 Å². The Hall–Kier alpha value is -0.670. The lowest BCUT2D eigenvalue weighted by Gasteiger charge is -2.68. The Labute approximate surface area is 151 Å². The van der Waals surface area contributed by atoms with Crippen molar-refractivity contribution in [3.8, 4) is 0 Å². The van der Waals surface area contributed by atoms with Gasteiger partial charge >= 0.3 is 0 Å². The Balaban J connectivity index is 1.65. The second-order valence-electron chi connectivity index (χ2n) is 10.3. The minimum Gasteiger partial charge on any atom is -0.390 e. The van der Waals surface area contributed by atoms with Gasteiger partial charge in [0.25, 0.3) is 0 Å². The summed E-state index contributed by atoms with van der Waals surface area (Å²) in [5.74, 6) is 1.91. The Morgan fingerprint density at radius 1 is 1.20 bits per heavy atom. The number of β-amino-alcohol motifs (C(OH)–C–C–N with tert-alkyl or cyclic N) is 1. The molecule has 1 spiro atoms. The van der Waals surface area contributed by atoms with E-state index in [1.54, 1.807) is 0 Å². The summed E-state index contributed by atoms with van der Waals surface area (Å²) in [6.07, 6.45) is 12.4. The zero-order valence-corrected chi connectivity index (χ0v) is 15.7. The lowest BCUT2D eigenvalue weighted by Crippen LogP contribution is -2.68. The summed E-state index contributed by atoms with van der Waals surface area (Å²) in [5.41, 5.74) is 1.85. The van der Waals surface area contributed by atoms with Gasteiger partial charge in [-0.25, -0.2) is 4.58 Å². The first-order valence-electron chi connectivity index (χ1n) is 10.5. The summed E-state index contributed by atoms with van der Waals surface area (Å²) in [4.78, 5) is 0. The van der Waals surface area contributed by atoms with Crippen LogP contribution in [0.5, 0.6) is 0 Å². The van der Waals surface area contributed by atoms with Crippen LogP contribution in [0.1, 0.15) is 58.3 Å². The van der Waals surface area contributed by atoms with Gasteiger partial charge in [-0.1, -0.05) is 19.9 Å². The van der Waals surface area contributed by atoms with Crippen molar-refractivity contribution >= 4 is 6.21 Å². The van der Waals surface area contributed by atoms with E-state index in [0.717, 1.165) is 24.6 Å². The van der Waals surface area contributed by atoms with Crippen LogP contribution in [0.25, 0.3) is 0 Å². The van der Waals surface area contributed by atoms with Crippen molar-refractivity contribution in [3.05, 3.63) is 12.2 Å². The molecule has 0 aromatic heterocycles. The van der Waals surface area contributed by atoms with E-state index >= 15 is 0 Å². The first kappa shape index (κ1) is 16.5.